The SMILES string of the molecule is COc1ccc(N2C(=O)c3ccc(Oc4ccc5c(c4)C(=O)N(c4ccc(C)cc4)C5=O)cc3C2=O)cc1CS(=O)(=O)O. The molecular weight excluding hydrogens is 576 g/mol. The fourth-order valence-corrected chi connectivity index (χ4v) is 5.70. The molecular formula is C31H22N2O9S. The summed E-state index contributed by atoms with van der Waals surface area (Å²) in [4.78, 5) is 54.6. The topological polar surface area (TPSA) is 148 Å². The minimum absolute atomic E-state index is 0.0487. The van der Waals surface area contributed by atoms with Crippen LogP contribution in [0.2, 0.25) is 0 Å². The molecule has 4 amide bonds. The minimum atomic E-state index is -4.42. The van der Waals surface area contributed by atoms with Gasteiger partial charge in [0.15, 0.2) is 0 Å². The number of anilines is 2. The number of hydrogen-bond acceptors (Lipinski definition) is 8. The summed E-state index contributed by atoms with van der Waals surface area (Å²) in [5.74, 6) is -2.42. The molecule has 2 heterocycles. The van der Waals surface area contributed by atoms with E-state index in [1.54, 1.807) is 12.1 Å². The van der Waals surface area contributed by atoms with Crippen LogP contribution in [0.15, 0.2) is 78.9 Å². The van der Waals surface area contributed by atoms with Gasteiger partial charge in [-0.3, -0.25) is 23.7 Å². The number of carbonyl (C=O) groups is 4. The third-order valence-electron chi connectivity index (χ3n) is 7.10. The fourth-order valence-electron chi connectivity index (χ4n) is 5.08. The monoisotopic (exact) mass is 598 g/mol. The van der Waals surface area contributed by atoms with Gasteiger partial charge in [0.05, 0.1) is 40.7 Å². The van der Waals surface area contributed by atoms with Gasteiger partial charge in [0.25, 0.3) is 33.7 Å². The van der Waals surface area contributed by atoms with Gasteiger partial charge < -0.3 is 9.47 Å². The summed E-state index contributed by atoms with van der Waals surface area (Å²) >= 11 is 0. The first-order valence-corrected chi connectivity index (χ1v) is 14.5. The van der Waals surface area contributed by atoms with Crippen LogP contribution in [0.3, 0.4) is 0 Å². The van der Waals surface area contributed by atoms with Crippen molar-refractivity contribution in [2.24, 2.45) is 0 Å². The smallest absolute Gasteiger partial charge is 0.269 e. The lowest BCUT2D eigenvalue weighted by molar-refractivity contribution is 0.0910. The maximum Gasteiger partial charge on any atom is 0.269 e. The van der Waals surface area contributed by atoms with Crippen molar-refractivity contribution in [3.8, 4) is 17.2 Å². The van der Waals surface area contributed by atoms with E-state index in [4.69, 9.17) is 9.47 Å². The zero-order valence-electron chi connectivity index (χ0n) is 22.7. The quantitative estimate of drug-likeness (QED) is 0.234. The Labute approximate surface area is 245 Å². The Balaban J connectivity index is 1.26. The van der Waals surface area contributed by atoms with Crippen LogP contribution >= 0.6 is 0 Å². The Bertz CT molecular complexity index is 1990. The number of nitrogens with zero attached hydrogens (tertiary/aromatic N) is 2. The Kier molecular flexibility index (Phi) is 6.59. The van der Waals surface area contributed by atoms with Gasteiger partial charge in [-0.2, -0.15) is 8.42 Å². The molecule has 0 atom stereocenters. The number of amides is 4. The third kappa shape index (κ3) is 4.92. The van der Waals surface area contributed by atoms with E-state index in [2.05, 4.69) is 0 Å². The van der Waals surface area contributed by atoms with Crippen molar-refractivity contribution in [1.82, 2.24) is 0 Å². The molecule has 4 aromatic rings. The molecule has 0 fully saturated rings. The van der Waals surface area contributed by atoms with Gasteiger partial charge in [0, 0.05) is 5.56 Å². The zero-order valence-corrected chi connectivity index (χ0v) is 23.5. The van der Waals surface area contributed by atoms with Crippen LogP contribution in [-0.2, 0) is 15.9 Å². The van der Waals surface area contributed by atoms with E-state index in [1.807, 2.05) is 19.1 Å². The summed E-state index contributed by atoms with van der Waals surface area (Å²) in [5, 5.41) is 0. The highest BCUT2D eigenvalue weighted by Crippen LogP contribution is 2.36. The van der Waals surface area contributed by atoms with Crippen LogP contribution in [0.1, 0.15) is 52.6 Å². The van der Waals surface area contributed by atoms with Gasteiger partial charge in [-0.25, -0.2) is 9.80 Å². The molecule has 2 aliphatic rings. The summed E-state index contributed by atoms with van der Waals surface area (Å²) in [5.41, 5.74) is 2.15. The molecule has 6 rings (SSSR count). The van der Waals surface area contributed by atoms with E-state index in [0.717, 1.165) is 15.4 Å². The molecule has 0 radical (unpaired) electrons. The molecule has 11 nitrogen and oxygen atoms in total. The number of methoxy groups -OCH3 is 1. The molecule has 0 bridgehead atoms. The number of carbonyl (C=O) groups excluding carboxylic acids is 4. The lowest BCUT2D eigenvalue weighted by atomic mass is 10.1. The van der Waals surface area contributed by atoms with Gasteiger partial charge in [0.2, 0.25) is 0 Å². The maximum atomic E-state index is 13.4. The molecule has 1 N–H and O–H groups in total. The van der Waals surface area contributed by atoms with Crippen LogP contribution in [-0.4, -0.2) is 43.7 Å². The van der Waals surface area contributed by atoms with E-state index in [-0.39, 0.29) is 50.8 Å². The van der Waals surface area contributed by atoms with Crippen LogP contribution in [0.25, 0.3) is 0 Å². The first-order chi connectivity index (χ1) is 20.4. The number of hydrogen-bond donors (Lipinski definition) is 1. The Morgan fingerprint density at radius 3 is 1.65 bits per heavy atom. The van der Waals surface area contributed by atoms with Crippen LogP contribution in [0.5, 0.6) is 17.2 Å². The molecule has 0 saturated carbocycles. The normalized spacial score (nSPS) is 14.3. The van der Waals surface area contributed by atoms with Gasteiger partial charge in [-0.15, -0.1) is 0 Å². The van der Waals surface area contributed by atoms with Crippen molar-refractivity contribution in [2.45, 2.75) is 12.7 Å². The Hall–Kier alpha value is -5.33. The van der Waals surface area contributed by atoms with E-state index in [0.29, 0.717) is 5.69 Å². The maximum absolute atomic E-state index is 13.4. The second-order valence-corrected chi connectivity index (χ2v) is 11.4. The molecule has 12 heteroatoms. The summed E-state index contributed by atoms with van der Waals surface area (Å²) in [6, 6.07) is 19.9. The lowest BCUT2D eigenvalue weighted by Gasteiger charge is -2.16. The molecule has 4 aromatic carbocycles. The number of aryl methyl sites for hydroxylation is 1. The lowest BCUT2D eigenvalue weighted by Crippen LogP contribution is -2.29. The largest absolute Gasteiger partial charge is 0.496 e. The Morgan fingerprint density at radius 2 is 1.14 bits per heavy atom. The number of ether oxygens (including phenoxy) is 2. The van der Waals surface area contributed by atoms with Crippen molar-refractivity contribution < 1.29 is 41.6 Å². The van der Waals surface area contributed by atoms with E-state index in [1.165, 1.54) is 61.7 Å². The average Bonchev–Trinajstić information content (AvgIpc) is 3.36. The van der Waals surface area contributed by atoms with Crippen molar-refractivity contribution >= 4 is 45.1 Å². The highest BCUT2D eigenvalue weighted by Gasteiger charge is 2.39. The summed E-state index contributed by atoms with van der Waals surface area (Å²) < 4.78 is 43.4. The molecule has 0 saturated heterocycles. The molecule has 0 aromatic heterocycles. The standard InChI is InChI=1S/C31H22N2O9S/c1-17-3-5-19(6-4-17)32-28(34)23-10-8-21(14-25(23)30(32)36)42-22-9-11-24-26(15-22)31(37)33(29(24)35)20-7-12-27(41-2)18(13-20)16-43(38,39)40/h3-15H,16H2,1-2H3,(H,38,39,40). The summed E-state index contributed by atoms with van der Waals surface area (Å²) in [6.45, 7) is 1.90. The highest BCUT2D eigenvalue weighted by molar-refractivity contribution is 7.85. The number of rotatable bonds is 7. The van der Waals surface area contributed by atoms with Gasteiger partial charge in [-0.1, -0.05) is 17.7 Å². The third-order valence-corrected chi connectivity index (χ3v) is 7.78. The average molecular weight is 599 g/mol. The van der Waals surface area contributed by atoms with E-state index < -0.39 is 39.5 Å². The first kappa shape index (κ1) is 27.8. The van der Waals surface area contributed by atoms with Gasteiger partial charge in [0.1, 0.15) is 23.0 Å². The highest BCUT2D eigenvalue weighted by atomic mass is 32.2. The number of benzene rings is 4. The van der Waals surface area contributed by atoms with Crippen molar-refractivity contribution in [2.75, 3.05) is 16.9 Å². The van der Waals surface area contributed by atoms with Crippen molar-refractivity contribution in [3.63, 3.8) is 0 Å². The second-order valence-electron chi connectivity index (χ2n) is 9.97. The Morgan fingerprint density at radius 1 is 0.651 bits per heavy atom. The van der Waals surface area contributed by atoms with Crippen LogP contribution in [0.4, 0.5) is 11.4 Å². The van der Waals surface area contributed by atoms with E-state index >= 15 is 0 Å². The summed E-state index contributed by atoms with van der Waals surface area (Å²) in [6.07, 6.45) is 0. The number of imide groups is 2. The van der Waals surface area contributed by atoms with Gasteiger partial charge in [-0.05, 0) is 73.7 Å². The predicted molar refractivity (Wildman–Crippen MR) is 155 cm³/mol. The first-order valence-electron chi connectivity index (χ1n) is 12.9. The van der Waals surface area contributed by atoms with Crippen LogP contribution in [0, 0.1) is 6.92 Å². The van der Waals surface area contributed by atoms with Crippen LogP contribution < -0.4 is 19.3 Å². The molecule has 0 unspecified atom stereocenters. The zero-order chi connectivity index (χ0) is 30.6. The van der Waals surface area contributed by atoms with E-state index in [9.17, 15) is 32.1 Å². The number of fused-ring (bicyclic) bond motifs is 2. The fraction of sp³-hybridized carbons (Fsp3) is 0.0968. The second kappa shape index (κ2) is 10.2. The molecule has 0 aliphatic carbocycles. The van der Waals surface area contributed by atoms with Gasteiger partial charge >= 0.3 is 0 Å². The minimum Gasteiger partial charge on any atom is -0.496 e. The van der Waals surface area contributed by atoms with Crippen molar-refractivity contribution in [1.29, 1.82) is 0 Å². The molecule has 216 valence electrons. The van der Waals surface area contributed by atoms with Crippen molar-refractivity contribution in [3.05, 3.63) is 112 Å². The molecule has 2 aliphatic heterocycles. The summed E-state index contributed by atoms with van der Waals surface area (Å²) in [7, 11) is -3.10. The molecule has 0 spiro atoms. The predicted octanol–water partition coefficient (Wildman–Crippen LogP) is 4.78. The molecule has 43 heavy (non-hydrogen) atoms.